The summed E-state index contributed by atoms with van der Waals surface area (Å²) >= 11 is 0. The molecule has 3 heterocycles. The van der Waals surface area contributed by atoms with Gasteiger partial charge in [-0.25, -0.2) is 0 Å². The first-order valence-corrected chi connectivity index (χ1v) is 27.7. The lowest BCUT2D eigenvalue weighted by Crippen LogP contribution is -2.10. The van der Waals surface area contributed by atoms with Crippen molar-refractivity contribution in [2.45, 2.75) is 0 Å². The average Bonchev–Trinajstić information content (AvgIpc) is 4.36. The van der Waals surface area contributed by atoms with E-state index < -0.39 is 0 Å². The van der Waals surface area contributed by atoms with E-state index in [9.17, 15) is 0 Å². The number of hydrogen-bond donors (Lipinski definition) is 0. The maximum Gasteiger partial charge on any atom is 0.145 e. The van der Waals surface area contributed by atoms with Gasteiger partial charge in [-0.05, 0) is 155 Å². The largest absolute Gasteiger partial charge is 0.455 e. The molecule has 16 rings (SSSR count). The fourth-order valence-electron chi connectivity index (χ4n) is 12.6. The van der Waals surface area contributed by atoms with Crippen LogP contribution in [0, 0.1) is 0 Å². The fraction of sp³-hybridized carbons (Fsp3) is 0. The fourth-order valence-corrected chi connectivity index (χ4v) is 12.6. The molecule has 0 bridgehead atoms. The quantitative estimate of drug-likeness (QED) is 0.137. The first-order valence-electron chi connectivity index (χ1n) is 27.7. The molecule has 13 aromatic carbocycles. The van der Waals surface area contributed by atoms with Gasteiger partial charge in [-0.3, -0.25) is 0 Å². The molecule has 0 amide bonds. The van der Waals surface area contributed by atoms with Crippen molar-refractivity contribution in [1.29, 1.82) is 0 Å². The number of furan rings is 1. The second-order valence-corrected chi connectivity index (χ2v) is 20.8. The van der Waals surface area contributed by atoms with Crippen LogP contribution >= 0.6 is 0 Å². The van der Waals surface area contributed by atoms with E-state index in [1.165, 1.54) is 33.0 Å². The van der Waals surface area contributed by atoms with Crippen molar-refractivity contribution in [1.82, 2.24) is 9.13 Å². The maximum absolute atomic E-state index is 7.36. The third-order valence-electron chi connectivity index (χ3n) is 16.3. The van der Waals surface area contributed by atoms with E-state index in [1.807, 2.05) is 0 Å². The number of hydrogen-bond acceptors (Lipinski definition) is 3. The van der Waals surface area contributed by atoms with Crippen LogP contribution < -0.4 is 9.80 Å². The van der Waals surface area contributed by atoms with Gasteiger partial charge in [-0.2, -0.15) is 0 Å². The van der Waals surface area contributed by atoms with Gasteiger partial charge in [-0.1, -0.05) is 176 Å². The Labute approximate surface area is 468 Å². The minimum absolute atomic E-state index is 0.890. The Morgan fingerprint density at radius 2 is 0.605 bits per heavy atom. The molecule has 3 aromatic heterocycles. The Morgan fingerprint density at radius 3 is 1.10 bits per heavy atom. The van der Waals surface area contributed by atoms with E-state index in [0.717, 1.165) is 111 Å². The molecule has 0 saturated heterocycles. The summed E-state index contributed by atoms with van der Waals surface area (Å²) in [5.41, 5.74) is 19.7. The number of para-hydroxylation sites is 3. The monoisotopic (exact) mass is 1030 g/mol. The van der Waals surface area contributed by atoms with Crippen LogP contribution in [0.5, 0.6) is 0 Å². The number of anilines is 6. The van der Waals surface area contributed by atoms with E-state index in [2.05, 4.69) is 322 Å². The third kappa shape index (κ3) is 7.62. The average molecular weight is 1040 g/mol. The molecule has 380 valence electrons. The summed E-state index contributed by atoms with van der Waals surface area (Å²) in [5.74, 6) is 0. The molecule has 0 aliphatic heterocycles. The van der Waals surface area contributed by atoms with E-state index >= 15 is 0 Å². The minimum Gasteiger partial charge on any atom is -0.455 e. The minimum atomic E-state index is 0.890. The van der Waals surface area contributed by atoms with Gasteiger partial charge < -0.3 is 23.4 Å². The van der Waals surface area contributed by atoms with Crippen molar-refractivity contribution in [3.05, 3.63) is 303 Å². The highest BCUT2D eigenvalue weighted by molar-refractivity contribution is 6.29. The van der Waals surface area contributed by atoms with Crippen molar-refractivity contribution in [2.24, 2.45) is 0 Å². The predicted molar refractivity (Wildman–Crippen MR) is 340 cm³/mol. The van der Waals surface area contributed by atoms with Crippen molar-refractivity contribution in [3.8, 4) is 33.6 Å². The highest BCUT2D eigenvalue weighted by atomic mass is 16.3. The summed E-state index contributed by atoms with van der Waals surface area (Å²) in [4.78, 5) is 4.70. The first-order chi connectivity index (χ1) is 40.2. The van der Waals surface area contributed by atoms with E-state index in [1.54, 1.807) is 0 Å². The lowest BCUT2D eigenvalue weighted by molar-refractivity contribution is 0.677. The Balaban J connectivity index is 0.804. The number of rotatable bonds is 10. The molecular formula is C76H50N4O. The van der Waals surface area contributed by atoms with Crippen LogP contribution in [-0.2, 0) is 0 Å². The summed E-state index contributed by atoms with van der Waals surface area (Å²) in [6.45, 7) is 0. The van der Waals surface area contributed by atoms with E-state index in [-0.39, 0.29) is 0 Å². The normalized spacial score (nSPS) is 11.7. The van der Waals surface area contributed by atoms with Gasteiger partial charge in [0.1, 0.15) is 11.2 Å². The van der Waals surface area contributed by atoms with Gasteiger partial charge in [0, 0.05) is 66.7 Å². The molecule has 0 unspecified atom stereocenters. The van der Waals surface area contributed by atoms with Crippen LogP contribution in [0.15, 0.2) is 308 Å². The zero-order valence-corrected chi connectivity index (χ0v) is 44.1. The Morgan fingerprint density at radius 1 is 0.235 bits per heavy atom. The summed E-state index contributed by atoms with van der Waals surface area (Å²) in [7, 11) is 0. The van der Waals surface area contributed by atoms with Crippen molar-refractivity contribution < 1.29 is 4.42 Å². The highest BCUT2D eigenvalue weighted by Gasteiger charge is 2.24. The molecule has 5 heteroatoms. The number of benzene rings is 13. The summed E-state index contributed by atoms with van der Waals surface area (Å²) in [6, 6.07) is 109. The second-order valence-electron chi connectivity index (χ2n) is 20.8. The zero-order chi connectivity index (χ0) is 53.4. The number of aromatic nitrogens is 2. The molecule has 0 aliphatic carbocycles. The lowest BCUT2D eigenvalue weighted by atomic mass is 10.0. The first kappa shape index (κ1) is 46.2. The number of nitrogens with zero attached hydrogens (tertiary/aromatic N) is 4. The van der Waals surface area contributed by atoms with Crippen LogP contribution in [0.25, 0.3) is 110 Å². The van der Waals surface area contributed by atoms with Crippen LogP contribution in [-0.4, -0.2) is 9.13 Å². The van der Waals surface area contributed by atoms with Gasteiger partial charge in [0.2, 0.25) is 0 Å². The summed E-state index contributed by atoms with van der Waals surface area (Å²) in [6.07, 6.45) is 0. The van der Waals surface area contributed by atoms with Gasteiger partial charge in [0.15, 0.2) is 0 Å². The molecule has 0 atom stereocenters. The van der Waals surface area contributed by atoms with Gasteiger partial charge in [0.05, 0.1) is 38.5 Å². The molecule has 0 saturated carbocycles. The van der Waals surface area contributed by atoms with E-state index in [4.69, 9.17) is 4.42 Å². The lowest BCUT2D eigenvalue weighted by Gasteiger charge is -2.27. The molecule has 0 aliphatic rings. The van der Waals surface area contributed by atoms with Gasteiger partial charge in [-0.15, -0.1) is 0 Å². The maximum atomic E-state index is 7.36. The topological polar surface area (TPSA) is 29.5 Å². The van der Waals surface area contributed by atoms with Crippen LogP contribution in [0.2, 0.25) is 0 Å². The van der Waals surface area contributed by atoms with Gasteiger partial charge in [0.25, 0.3) is 0 Å². The SMILES string of the molecule is c1ccc(-c2ccc(N(c3ccc(-c4ccccc4)cc3)c3ccc(-n4c5ccccc5c5c6oc7c(ccc8c7c7ccccc7n8-c7ccc(N(c8ccccc8)c8cccc9ccccc89)cc7)c6ccc54)cc3)cc2)cc1. The standard InChI is InChI=1S/C76H50N4O/c1-4-17-51(18-5-1)53-31-35-57(36-32-53)77(58-37-33-54(34-38-58)52-19-6-2-7-20-52)59-39-43-61(44-40-59)79-69-28-14-12-26-66(69)73-71(79)49-47-64-65-48-50-72-74(76(65)81-75(64)73)67-27-13-15-29-70(67)80(72)62-45-41-60(42-46-62)78(56-23-8-3-9-24-56)68-30-16-22-55-21-10-11-25-63(55)68/h1-50H. The molecule has 0 spiro atoms. The molecule has 81 heavy (non-hydrogen) atoms. The highest BCUT2D eigenvalue weighted by Crippen LogP contribution is 2.46. The van der Waals surface area contributed by atoms with Crippen molar-refractivity contribution >= 4 is 110 Å². The number of fused-ring (bicyclic) bond motifs is 12. The van der Waals surface area contributed by atoms with Crippen molar-refractivity contribution in [3.63, 3.8) is 0 Å². The summed E-state index contributed by atoms with van der Waals surface area (Å²) in [5, 5.41) is 9.10. The Bertz CT molecular complexity index is 4920. The molecule has 0 fully saturated rings. The predicted octanol–water partition coefficient (Wildman–Crippen LogP) is 21.2. The third-order valence-corrected chi connectivity index (χ3v) is 16.3. The van der Waals surface area contributed by atoms with Crippen molar-refractivity contribution in [2.75, 3.05) is 9.80 Å². The Hall–Kier alpha value is -10.9. The molecule has 0 N–H and O–H groups in total. The zero-order valence-electron chi connectivity index (χ0n) is 44.1. The summed E-state index contributed by atoms with van der Waals surface area (Å²) < 4.78 is 12.1. The van der Waals surface area contributed by atoms with Gasteiger partial charge >= 0.3 is 0 Å². The van der Waals surface area contributed by atoms with Crippen LogP contribution in [0.4, 0.5) is 34.1 Å². The smallest absolute Gasteiger partial charge is 0.145 e. The molecule has 5 nitrogen and oxygen atoms in total. The molecular weight excluding hydrogens is 985 g/mol. The van der Waals surface area contributed by atoms with E-state index in [0.29, 0.717) is 0 Å². The molecule has 0 radical (unpaired) electrons. The Kier molecular flexibility index (Phi) is 10.8. The molecule has 16 aromatic rings. The van der Waals surface area contributed by atoms with Crippen LogP contribution in [0.1, 0.15) is 0 Å². The second kappa shape index (κ2) is 18.9. The van der Waals surface area contributed by atoms with Crippen LogP contribution in [0.3, 0.4) is 0 Å².